The van der Waals surface area contributed by atoms with E-state index in [1.807, 2.05) is 35.2 Å². The van der Waals surface area contributed by atoms with E-state index in [0.717, 1.165) is 41.2 Å². The van der Waals surface area contributed by atoms with E-state index in [1.54, 1.807) is 0 Å². The largest absolute Gasteiger partial charge is 0.484 e. The topological polar surface area (TPSA) is 75.9 Å². The lowest BCUT2D eigenvalue weighted by atomic mass is 9.89. The number of para-hydroxylation sites is 1. The van der Waals surface area contributed by atoms with Gasteiger partial charge in [0.25, 0.3) is 5.91 Å². The highest BCUT2D eigenvalue weighted by Gasteiger charge is 2.28. The molecule has 6 rings (SSSR count). The molecule has 0 unspecified atom stereocenters. The number of hydrogen-bond acceptors (Lipinski definition) is 6. The lowest BCUT2D eigenvalue weighted by molar-refractivity contribution is -0.133. The van der Waals surface area contributed by atoms with Crippen molar-refractivity contribution < 1.29 is 9.53 Å². The highest BCUT2D eigenvalue weighted by Crippen LogP contribution is 2.35. The summed E-state index contributed by atoms with van der Waals surface area (Å²) in [4.78, 5) is 22.1. The van der Waals surface area contributed by atoms with Crippen molar-refractivity contribution in [1.82, 2.24) is 24.5 Å². The van der Waals surface area contributed by atoms with Crippen LogP contribution in [0.3, 0.4) is 0 Å². The Morgan fingerprint density at radius 3 is 2.53 bits per heavy atom. The molecule has 1 saturated heterocycles. The average Bonchev–Trinajstić information content (AvgIpc) is 3.38. The van der Waals surface area contributed by atoms with Crippen LogP contribution in [0.4, 0.5) is 5.95 Å². The Morgan fingerprint density at radius 1 is 0.972 bits per heavy atom. The van der Waals surface area contributed by atoms with Gasteiger partial charge < -0.3 is 14.5 Å². The molecule has 1 aliphatic carbocycles. The third kappa shape index (κ3) is 4.36. The van der Waals surface area contributed by atoms with E-state index in [0.29, 0.717) is 37.8 Å². The number of piperazine rings is 1. The number of fused-ring (bicyclic) bond motifs is 3. The fourth-order valence-corrected chi connectivity index (χ4v) is 5.50. The zero-order valence-corrected chi connectivity index (χ0v) is 20.8. The first kappa shape index (κ1) is 22.8. The van der Waals surface area contributed by atoms with Gasteiger partial charge in [-0.1, -0.05) is 49.1 Å². The number of aryl methyl sites for hydroxylation is 1. The first-order valence-electron chi connectivity index (χ1n) is 13.0. The fraction of sp³-hybridized carbons (Fsp3) is 0.429. The lowest BCUT2D eigenvalue weighted by Crippen LogP contribution is -2.50. The molecule has 2 aromatic heterocycles. The summed E-state index contributed by atoms with van der Waals surface area (Å²) in [5.41, 5.74) is 3.00. The Balaban J connectivity index is 1.26. The molecule has 2 fully saturated rings. The summed E-state index contributed by atoms with van der Waals surface area (Å²) in [6.07, 6.45) is 6.07. The van der Waals surface area contributed by atoms with E-state index in [2.05, 4.69) is 39.5 Å². The second-order valence-corrected chi connectivity index (χ2v) is 9.95. The molecular formula is C28H32N6O2. The summed E-state index contributed by atoms with van der Waals surface area (Å²) in [5.74, 6) is 3.06. The maximum atomic E-state index is 12.8. The van der Waals surface area contributed by atoms with Gasteiger partial charge in [0.2, 0.25) is 5.95 Å². The van der Waals surface area contributed by atoms with Crippen molar-refractivity contribution in [3.8, 4) is 5.75 Å². The highest BCUT2D eigenvalue weighted by molar-refractivity contribution is 5.93. The predicted molar refractivity (Wildman–Crippen MR) is 140 cm³/mol. The van der Waals surface area contributed by atoms with Gasteiger partial charge in [0.15, 0.2) is 12.3 Å². The van der Waals surface area contributed by atoms with Crippen molar-refractivity contribution in [1.29, 1.82) is 0 Å². The minimum atomic E-state index is 0.0118. The molecule has 3 heterocycles. The molecule has 8 heteroatoms. The smallest absolute Gasteiger partial charge is 0.260 e. The van der Waals surface area contributed by atoms with Crippen molar-refractivity contribution in [3.63, 3.8) is 0 Å². The molecule has 0 radical (unpaired) electrons. The summed E-state index contributed by atoms with van der Waals surface area (Å²) in [5, 5.41) is 10.4. The molecule has 1 saturated carbocycles. The van der Waals surface area contributed by atoms with Gasteiger partial charge in [-0.15, -0.1) is 10.2 Å². The van der Waals surface area contributed by atoms with Crippen molar-refractivity contribution in [2.24, 2.45) is 0 Å². The molecule has 2 aliphatic rings. The summed E-state index contributed by atoms with van der Waals surface area (Å²) in [6, 6.07) is 15.8. The minimum Gasteiger partial charge on any atom is -0.484 e. The summed E-state index contributed by atoms with van der Waals surface area (Å²) in [7, 11) is 0. The molecule has 36 heavy (non-hydrogen) atoms. The van der Waals surface area contributed by atoms with Gasteiger partial charge in [-0.3, -0.25) is 4.79 Å². The summed E-state index contributed by atoms with van der Waals surface area (Å²) >= 11 is 0. The standard InChI is InChI=1S/C28H32N6O2/c1-20-12-13-24-23(18-20)27-31-30-26(21-8-4-2-5-9-21)34(27)28(29-24)33-16-14-32(15-17-33)25(35)19-36-22-10-6-3-7-11-22/h3,6-7,10-13,18,21H,2,4-5,8-9,14-17,19H2,1H3. The zero-order valence-electron chi connectivity index (χ0n) is 20.8. The normalized spacial score (nSPS) is 17.1. The second-order valence-electron chi connectivity index (χ2n) is 9.95. The van der Waals surface area contributed by atoms with Crippen molar-refractivity contribution in [2.45, 2.75) is 44.9 Å². The molecule has 1 amide bonds. The number of anilines is 1. The quantitative estimate of drug-likeness (QED) is 0.419. The van der Waals surface area contributed by atoms with Crippen LogP contribution in [0.25, 0.3) is 16.6 Å². The van der Waals surface area contributed by atoms with Gasteiger partial charge in [0.1, 0.15) is 11.6 Å². The van der Waals surface area contributed by atoms with Crippen LogP contribution in [0, 0.1) is 6.92 Å². The molecule has 4 aromatic rings. The van der Waals surface area contributed by atoms with Crippen LogP contribution in [-0.4, -0.2) is 63.2 Å². The van der Waals surface area contributed by atoms with E-state index in [1.165, 1.54) is 24.8 Å². The van der Waals surface area contributed by atoms with Crippen LogP contribution in [0.5, 0.6) is 5.75 Å². The van der Waals surface area contributed by atoms with Gasteiger partial charge in [0.05, 0.1) is 5.52 Å². The third-order valence-electron chi connectivity index (χ3n) is 7.49. The number of ether oxygens (including phenoxy) is 1. The first-order chi connectivity index (χ1) is 17.7. The molecule has 0 spiro atoms. The summed E-state index contributed by atoms with van der Waals surface area (Å²) in [6.45, 7) is 4.83. The summed E-state index contributed by atoms with van der Waals surface area (Å²) < 4.78 is 7.88. The van der Waals surface area contributed by atoms with Crippen molar-refractivity contribution in [2.75, 3.05) is 37.7 Å². The molecule has 0 atom stereocenters. The van der Waals surface area contributed by atoms with Crippen LogP contribution < -0.4 is 9.64 Å². The van der Waals surface area contributed by atoms with Crippen molar-refractivity contribution >= 4 is 28.4 Å². The molecular weight excluding hydrogens is 452 g/mol. The number of amides is 1. The van der Waals surface area contributed by atoms with Crippen LogP contribution in [-0.2, 0) is 4.79 Å². The Hall–Kier alpha value is -3.68. The SMILES string of the molecule is Cc1ccc2nc(N3CCN(C(=O)COc4ccccc4)CC3)n3c(C4CCCCC4)nnc3c2c1. The number of benzene rings is 2. The maximum absolute atomic E-state index is 12.8. The van der Waals surface area contributed by atoms with E-state index in [-0.39, 0.29) is 12.5 Å². The number of aromatic nitrogens is 4. The van der Waals surface area contributed by atoms with Gasteiger partial charge in [-0.2, -0.15) is 0 Å². The number of rotatable bonds is 5. The Bertz CT molecular complexity index is 1370. The lowest BCUT2D eigenvalue weighted by Gasteiger charge is -2.35. The molecule has 1 aliphatic heterocycles. The molecule has 2 aromatic carbocycles. The van der Waals surface area contributed by atoms with Crippen LogP contribution in [0.15, 0.2) is 48.5 Å². The third-order valence-corrected chi connectivity index (χ3v) is 7.49. The maximum Gasteiger partial charge on any atom is 0.260 e. The van der Waals surface area contributed by atoms with Crippen LogP contribution in [0.1, 0.15) is 49.4 Å². The van der Waals surface area contributed by atoms with E-state index in [9.17, 15) is 4.79 Å². The Labute approximate surface area is 210 Å². The average molecular weight is 485 g/mol. The van der Waals surface area contributed by atoms with Gasteiger partial charge in [-0.25, -0.2) is 9.38 Å². The van der Waals surface area contributed by atoms with Crippen LogP contribution in [0.2, 0.25) is 0 Å². The second kappa shape index (κ2) is 9.76. The van der Waals surface area contributed by atoms with Crippen LogP contribution >= 0.6 is 0 Å². The van der Waals surface area contributed by atoms with Gasteiger partial charge in [0, 0.05) is 37.5 Å². The Morgan fingerprint density at radius 2 is 1.75 bits per heavy atom. The number of hydrogen-bond donors (Lipinski definition) is 0. The van der Waals surface area contributed by atoms with Gasteiger partial charge >= 0.3 is 0 Å². The monoisotopic (exact) mass is 484 g/mol. The van der Waals surface area contributed by atoms with E-state index in [4.69, 9.17) is 14.8 Å². The molecule has 8 nitrogen and oxygen atoms in total. The fourth-order valence-electron chi connectivity index (χ4n) is 5.50. The molecule has 0 N–H and O–H groups in total. The van der Waals surface area contributed by atoms with E-state index < -0.39 is 0 Å². The predicted octanol–water partition coefficient (Wildman–Crippen LogP) is 4.36. The zero-order chi connectivity index (χ0) is 24.5. The minimum absolute atomic E-state index is 0.0118. The van der Waals surface area contributed by atoms with Gasteiger partial charge in [-0.05, 0) is 44.0 Å². The molecule has 186 valence electrons. The van der Waals surface area contributed by atoms with E-state index >= 15 is 0 Å². The molecule has 0 bridgehead atoms. The number of nitrogens with zero attached hydrogens (tertiary/aromatic N) is 6. The number of carbonyl (C=O) groups excluding carboxylic acids is 1. The first-order valence-corrected chi connectivity index (χ1v) is 13.0. The number of carbonyl (C=O) groups is 1. The Kier molecular flexibility index (Phi) is 6.17. The highest BCUT2D eigenvalue weighted by atomic mass is 16.5. The van der Waals surface area contributed by atoms with Crippen molar-refractivity contribution in [3.05, 3.63) is 59.9 Å².